The van der Waals surface area contributed by atoms with Crippen LogP contribution in [0.3, 0.4) is 0 Å². The van der Waals surface area contributed by atoms with Gasteiger partial charge < -0.3 is 54.0 Å². The topological polar surface area (TPSA) is 189 Å². The lowest BCUT2D eigenvalue weighted by atomic mass is 9.99. The van der Waals surface area contributed by atoms with Crippen molar-refractivity contribution in [2.75, 3.05) is 20.8 Å². The number of phenols is 2. The number of rotatable bonds is 6. The zero-order chi connectivity index (χ0) is 25.4. The Labute approximate surface area is 197 Å². The molecule has 0 amide bonds. The largest absolute Gasteiger partial charge is 0.507 e. The van der Waals surface area contributed by atoms with E-state index in [1.165, 1.54) is 32.4 Å². The van der Waals surface area contributed by atoms with E-state index in [2.05, 4.69) is 0 Å². The summed E-state index contributed by atoms with van der Waals surface area (Å²) in [4.78, 5) is 13.2. The first-order valence-electron chi connectivity index (χ1n) is 10.4. The van der Waals surface area contributed by atoms with Gasteiger partial charge in [0.05, 0.1) is 26.4 Å². The molecule has 1 aromatic heterocycles. The SMILES string of the molecule is COc1cc(-c2coc3c(OC)c(OC4OC(CO)C(O)C(O)C4O)cc(O)c3c2=O)ccc1O. The van der Waals surface area contributed by atoms with Crippen molar-refractivity contribution in [3.63, 3.8) is 0 Å². The third-order valence-corrected chi connectivity index (χ3v) is 5.73. The second-order valence-electron chi connectivity index (χ2n) is 7.81. The average Bonchev–Trinajstić information content (AvgIpc) is 2.85. The molecule has 12 heteroatoms. The van der Waals surface area contributed by atoms with Crippen LogP contribution in [0, 0.1) is 0 Å². The van der Waals surface area contributed by atoms with Crippen LogP contribution in [0.1, 0.15) is 0 Å². The van der Waals surface area contributed by atoms with E-state index in [0.717, 1.165) is 12.3 Å². The first-order valence-corrected chi connectivity index (χ1v) is 10.4. The number of hydrogen-bond acceptors (Lipinski definition) is 12. The van der Waals surface area contributed by atoms with Crippen molar-refractivity contribution in [3.05, 3.63) is 40.8 Å². The quantitative estimate of drug-likeness (QED) is 0.272. The van der Waals surface area contributed by atoms with Crippen LogP contribution in [-0.4, -0.2) is 82.2 Å². The number of ether oxygens (including phenoxy) is 4. The lowest BCUT2D eigenvalue weighted by molar-refractivity contribution is -0.277. The van der Waals surface area contributed by atoms with E-state index in [-0.39, 0.29) is 39.5 Å². The van der Waals surface area contributed by atoms with Gasteiger partial charge in [-0.15, -0.1) is 0 Å². The van der Waals surface area contributed by atoms with Gasteiger partial charge >= 0.3 is 0 Å². The Morgan fingerprint density at radius 2 is 1.69 bits per heavy atom. The lowest BCUT2D eigenvalue weighted by Gasteiger charge is -2.39. The van der Waals surface area contributed by atoms with Gasteiger partial charge in [-0.1, -0.05) is 6.07 Å². The number of aliphatic hydroxyl groups excluding tert-OH is 4. The highest BCUT2D eigenvalue weighted by atomic mass is 16.7. The van der Waals surface area contributed by atoms with E-state index in [4.69, 9.17) is 23.4 Å². The second-order valence-corrected chi connectivity index (χ2v) is 7.81. The van der Waals surface area contributed by atoms with E-state index < -0.39 is 48.5 Å². The Kier molecular flexibility index (Phi) is 6.74. The minimum atomic E-state index is -1.71. The van der Waals surface area contributed by atoms with Crippen LogP contribution in [0.4, 0.5) is 0 Å². The van der Waals surface area contributed by atoms with Crippen LogP contribution < -0.4 is 19.6 Å². The lowest BCUT2D eigenvalue weighted by Crippen LogP contribution is -2.60. The maximum atomic E-state index is 13.2. The molecule has 0 spiro atoms. The number of fused-ring (bicyclic) bond motifs is 1. The number of aliphatic hydroxyl groups is 4. The minimum Gasteiger partial charge on any atom is -0.507 e. The first-order chi connectivity index (χ1) is 16.7. The number of benzene rings is 2. The molecule has 3 aromatic rings. The van der Waals surface area contributed by atoms with E-state index in [0.29, 0.717) is 5.56 Å². The van der Waals surface area contributed by atoms with Gasteiger partial charge in [0.1, 0.15) is 41.8 Å². The van der Waals surface area contributed by atoms with E-state index in [9.17, 15) is 35.4 Å². The second kappa shape index (κ2) is 9.60. The highest BCUT2D eigenvalue weighted by molar-refractivity contribution is 5.93. The van der Waals surface area contributed by atoms with Crippen LogP contribution in [0.5, 0.6) is 28.7 Å². The molecule has 1 saturated heterocycles. The molecule has 1 fully saturated rings. The van der Waals surface area contributed by atoms with Gasteiger partial charge in [-0.25, -0.2) is 0 Å². The fourth-order valence-corrected chi connectivity index (χ4v) is 3.86. The molecule has 5 unspecified atom stereocenters. The Bertz CT molecular complexity index is 1280. The minimum absolute atomic E-state index is 0.0655. The Hall–Kier alpha value is -3.55. The number of aromatic hydroxyl groups is 2. The summed E-state index contributed by atoms with van der Waals surface area (Å²) in [5.74, 6) is -0.861. The normalized spacial score (nSPS) is 24.3. The van der Waals surface area contributed by atoms with Crippen LogP contribution in [-0.2, 0) is 4.74 Å². The van der Waals surface area contributed by atoms with Gasteiger partial charge in [0.15, 0.2) is 22.8 Å². The average molecular weight is 492 g/mol. The maximum Gasteiger partial charge on any atom is 0.229 e. The summed E-state index contributed by atoms with van der Waals surface area (Å²) in [5, 5.41) is 59.8. The summed E-state index contributed by atoms with van der Waals surface area (Å²) in [6.45, 7) is -0.662. The first kappa shape index (κ1) is 24.6. The van der Waals surface area contributed by atoms with Crippen LogP contribution in [0.25, 0.3) is 22.1 Å². The summed E-state index contributed by atoms with van der Waals surface area (Å²) in [5.41, 5.74) is -0.369. The molecule has 1 aliphatic heterocycles. The fraction of sp³-hybridized carbons (Fsp3) is 0.348. The predicted molar refractivity (Wildman–Crippen MR) is 119 cm³/mol. The molecule has 1 aliphatic rings. The third kappa shape index (κ3) is 4.22. The van der Waals surface area contributed by atoms with Gasteiger partial charge in [-0.3, -0.25) is 4.79 Å². The van der Waals surface area contributed by atoms with Crippen molar-refractivity contribution in [1.29, 1.82) is 0 Å². The highest BCUT2D eigenvalue weighted by Gasteiger charge is 2.45. The smallest absolute Gasteiger partial charge is 0.229 e. The molecule has 4 rings (SSSR count). The van der Waals surface area contributed by atoms with Gasteiger partial charge in [-0.05, 0) is 17.7 Å². The Morgan fingerprint density at radius 1 is 0.943 bits per heavy atom. The van der Waals surface area contributed by atoms with Crippen molar-refractivity contribution >= 4 is 11.0 Å². The van der Waals surface area contributed by atoms with Crippen LogP contribution >= 0.6 is 0 Å². The summed E-state index contributed by atoms with van der Waals surface area (Å²) in [6, 6.07) is 5.29. The fourth-order valence-electron chi connectivity index (χ4n) is 3.86. The summed E-state index contributed by atoms with van der Waals surface area (Å²) >= 11 is 0. The third-order valence-electron chi connectivity index (χ3n) is 5.73. The monoisotopic (exact) mass is 492 g/mol. The van der Waals surface area contributed by atoms with Gasteiger partial charge in [0, 0.05) is 6.07 Å². The van der Waals surface area contributed by atoms with E-state index >= 15 is 0 Å². The summed E-state index contributed by atoms with van der Waals surface area (Å²) < 4.78 is 26.9. The van der Waals surface area contributed by atoms with Crippen molar-refractivity contribution in [2.24, 2.45) is 0 Å². The van der Waals surface area contributed by atoms with E-state index in [1.54, 1.807) is 0 Å². The molecule has 2 heterocycles. The van der Waals surface area contributed by atoms with Gasteiger partial charge in [-0.2, -0.15) is 0 Å². The molecular formula is C23H24O12. The molecule has 0 aliphatic carbocycles. The number of methoxy groups -OCH3 is 2. The molecule has 5 atom stereocenters. The Balaban J connectivity index is 1.78. The van der Waals surface area contributed by atoms with Crippen molar-refractivity contribution in [2.45, 2.75) is 30.7 Å². The predicted octanol–water partition coefficient (Wildman–Crippen LogP) is 0.0671. The molecule has 0 saturated carbocycles. The molecule has 12 nitrogen and oxygen atoms in total. The van der Waals surface area contributed by atoms with Gasteiger partial charge in [0.25, 0.3) is 0 Å². The zero-order valence-electron chi connectivity index (χ0n) is 18.6. The van der Waals surface area contributed by atoms with Crippen molar-refractivity contribution in [3.8, 4) is 39.9 Å². The summed E-state index contributed by atoms with van der Waals surface area (Å²) in [6.07, 6.45) is -6.64. The van der Waals surface area contributed by atoms with Crippen LogP contribution in [0.2, 0.25) is 0 Å². The van der Waals surface area contributed by atoms with E-state index in [1.807, 2.05) is 0 Å². The standard InChI is InChI=1S/C23H24O12/c1-31-13-5-9(3-4-11(13)25)10-8-33-22-16(17(10)27)12(26)6-14(21(22)32-2)34-23-20(30)19(29)18(28)15(7-24)35-23/h3-6,8,15,18-20,23-26,28-30H,7H2,1-2H3. The molecule has 2 aromatic carbocycles. The highest BCUT2D eigenvalue weighted by Crippen LogP contribution is 2.42. The Morgan fingerprint density at radius 3 is 2.34 bits per heavy atom. The van der Waals surface area contributed by atoms with Crippen molar-refractivity contribution < 1.29 is 54.0 Å². The number of hydrogen-bond donors (Lipinski definition) is 6. The number of phenolic OH excluding ortho intramolecular Hbond substituents is 2. The molecule has 6 N–H and O–H groups in total. The molecule has 188 valence electrons. The molecule has 35 heavy (non-hydrogen) atoms. The summed E-state index contributed by atoms with van der Waals surface area (Å²) in [7, 11) is 2.61. The van der Waals surface area contributed by atoms with Crippen molar-refractivity contribution in [1.82, 2.24) is 0 Å². The molecular weight excluding hydrogens is 468 g/mol. The zero-order valence-corrected chi connectivity index (χ0v) is 18.6. The van der Waals surface area contributed by atoms with Gasteiger partial charge in [0.2, 0.25) is 17.5 Å². The van der Waals surface area contributed by atoms with Crippen LogP contribution in [0.15, 0.2) is 39.7 Å². The molecule has 0 radical (unpaired) electrons. The molecule has 0 bridgehead atoms. The maximum absolute atomic E-state index is 13.2.